The zero-order chi connectivity index (χ0) is 12.0. The van der Waals surface area contributed by atoms with Crippen molar-refractivity contribution in [1.82, 2.24) is 0 Å². The second-order valence-electron chi connectivity index (χ2n) is 3.46. The molecule has 0 radical (unpaired) electrons. The second kappa shape index (κ2) is 6.20. The Balaban J connectivity index is 0.000000606. The normalized spacial score (nSPS) is 9.19. The van der Waals surface area contributed by atoms with E-state index in [-0.39, 0.29) is 0 Å². The molecule has 16 heavy (non-hydrogen) atoms. The quantitative estimate of drug-likeness (QED) is 0.400. The number of rotatable bonds is 1. The molecular formula is C13H15NOS. The van der Waals surface area contributed by atoms with Crippen LogP contribution in [0, 0.1) is 6.92 Å². The molecule has 2 rings (SSSR count). The molecule has 2 nitrogen and oxygen atoms in total. The maximum absolute atomic E-state index is 6.69. The van der Waals surface area contributed by atoms with Gasteiger partial charge in [0.1, 0.15) is 0 Å². The molecule has 0 aromatic heterocycles. The number of benzene rings is 2. The highest BCUT2D eigenvalue weighted by molar-refractivity contribution is 7.74. The minimum atomic E-state index is 0.835. The van der Waals surface area contributed by atoms with Gasteiger partial charge < -0.3 is 10.3 Å². The van der Waals surface area contributed by atoms with E-state index in [2.05, 4.69) is 38.0 Å². The van der Waals surface area contributed by atoms with E-state index in [1.54, 1.807) is 0 Å². The van der Waals surface area contributed by atoms with Crippen LogP contribution >= 0.6 is 12.9 Å². The zero-order valence-electron chi connectivity index (χ0n) is 9.09. The fourth-order valence-electron chi connectivity index (χ4n) is 1.54. The lowest BCUT2D eigenvalue weighted by Crippen LogP contribution is -1.90. The Bertz CT molecular complexity index is 443. The summed E-state index contributed by atoms with van der Waals surface area (Å²) in [5.41, 5.74) is 10.3. The van der Waals surface area contributed by atoms with Crippen molar-refractivity contribution < 1.29 is 4.55 Å². The summed E-state index contributed by atoms with van der Waals surface area (Å²) < 4.78 is 6.69. The Kier molecular flexibility index (Phi) is 4.89. The van der Waals surface area contributed by atoms with E-state index in [9.17, 15) is 0 Å². The summed E-state index contributed by atoms with van der Waals surface area (Å²) in [6.45, 7) is 2.08. The monoisotopic (exact) mass is 233 g/mol. The van der Waals surface area contributed by atoms with Gasteiger partial charge in [0.05, 0.1) is 0 Å². The van der Waals surface area contributed by atoms with Crippen LogP contribution in [0.4, 0.5) is 5.69 Å². The molecule has 0 atom stereocenters. The van der Waals surface area contributed by atoms with Gasteiger partial charge in [-0.3, -0.25) is 0 Å². The fourth-order valence-corrected chi connectivity index (χ4v) is 1.54. The number of hydrogen-bond donors (Lipinski definition) is 3. The van der Waals surface area contributed by atoms with Crippen LogP contribution in [0.2, 0.25) is 0 Å². The summed E-state index contributed by atoms with van der Waals surface area (Å²) in [7, 11) is 0. The van der Waals surface area contributed by atoms with Gasteiger partial charge in [-0.2, -0.15) is 0 Å². The maximum atomic E-state index is 6.69. The van der Waals surface area contributed by atoms with Crippen molar-refractivity contribution in [3.05, 3.63) is 54.1 Å². The van der Waals surface area contributed by atoms with Gasteiger partial charge in [0.15, 0.2) is 0 Å². The molecule has 2 aromatic rings. The molecule has 0 saturated heterocycles. The first-order chi connectivity index (χ1) is 7.77. The second-order valence-corrected chi connectivity index (χ2v) is 3.46. The Morgan fingerprint density at radius 2 is 1.62 bits per heavy atom. The highest BCUT2D eigenvalue weighted by Gasteiger charge is 2.00. The van der Waals surface area contributed by atoms with Crippen molar-refractivity contribution in [1.29, 1.82) is 0 Å². The van der Waals surface area contributed by atoms with Gasteiger partial charge >= 0.3 is 0 Å². The maximum Gasteiger partial charge on any atom is 0.0393 e. The summed E-state index contributed by atoms with van der Waals surface area (Å²) >= 11 is 2.53. The Morgan fingerprint density at radius 3 is 2.25 bits per heavy atom. The van der Waals surface area contributed by atoms with Crippen LogP contribution in [0.25, 0.3) is 11.1 Å². The van der Waals surface area contributed by atoms with Gasteiger partial charge in [0.2, 0.25) is 0 Å². The number of thiol groups is 1. The molecule has 0 bridgehead atoms. The van der Waals surface area contributed by atoms with E-state index < -0.39 is 0 Å². The van der Waals surface area contributed by atoms with Crippen LogP contribution in [0.3, 0.4) is 0 Å². The molecule has 0 fully saturated rings. The number of nitrogen functional groups attached to an aromatic ring is 1. The smallest absolute Gasteiger partial charge is 0.0393 e. The van der Waals surface area contributed by atoms with Gasteiger partial charge in [-0.15, -0.1) is 0 Å². The fraction of sp³-hybridized carbons (Fsp3) is 0.0769. The van der Waals surface area contributed by atoms with Crippen LogP contribution in [0.1, 0.15) is 5.56 Å². The summed E-state index contributed by atoms with van der Waals surface area (Å²) in [5.74, 6) is 0. The van der Waals surface area contributed by atoms with Crippen molar-refractivity contribution in [3.63, 3.8) is 0 Å². The lowest BCUT2D eigenvalue weighted by atomic mass is 10.0. The van der Waals surface area contributed by atoms with Gasteiger partial charge in [-0.25, -0.2) is 0 Å². The molecule has 0 amide bonds. The minimum absolute atomic E-state index is 0.835. The molecule has 0 spiro atoms. The van der Waals surface area contributed by atoms with Crippen molar-refractivity contribution >= 4 is 18.6 Å². The first kappa shape index (κ1) is 12.6. The van der Waals surface area contributed by atoms with Gasteiger partial charge in [0.25, 0.3) is 0 Å². The number of hydrogen-bond acceptors (Lipinski definition) is 3. The van der Waals surface area contributed by atoms with Crippen molar-refractivity contribution in [3.8, 4) is 11.1 Å². The topological polar surface area (TPSA) is 46.2 Å². The molecule has 0 heterocycles. The Morgan fingerprint density at radius 1 is 1.00 bits per heavy atom. The Labute approximate surface area is 101 Å². The largest absolute Gasteiger partial charge is 0.398 e. The van der Waals surface area contributed by atoms with E-state index >= 15 is 0 Å². The van der Waals surface area contributed by atoms with Crippen LogP contribution in [-0.2, 0) is 0 Å². The standard InChI is InChI=1S/C13H13N.H2OS/c1-10-7-8-13(14)12(9-10)11-5-3-2-4-6-11;1-2/h2-9H,14H2,1H3;1-2H. The Hall–Kier alpha value is -1.45. The van der Waals surface area contributed by atoms with E-state index in [0.717, 1.165) is 11.3 Å². The first-order valence-corrected chi connectivity index (χ1v) is 5.29. The molecule has 0 unspecified atom stereocenters. The van der Waals surface area contributed by atoms with Crippen LogP contribution in [0.5, 0.6) is 0 Å². The minimum Gasteiger partial charge on any atom is -0.398 e. The van der Waals surface area contributed by atoms with Gasteiger partial charge in [-0.1, -0.05) is 42.0 Å². The summed E-state index contributed by atoms with van der Waals surface area (Å²) in [5, 5.41) is 0. The zero-order valence-corrected chi connectivity index (χ0v) is 9.99. The van der Waals surface area contributed by atoms with Crippen LogP contribution < -0.4 is 5.73 Å². The number of aryl methyl sites for hydroxylation is 1. The molecule has 0 saturated carbocycles. The highest BCUT2D eigenvalue weighted by Crippen LogP contribution is 2.26. The third-order valence-corrected chi connectivity index (χ3v) is 2.29. The molecule has 3 heteroatoms. The number of nitrogens with two attached hydrogens (primary N) is 1. The van der Waals surface area contributed by atoms with Crippen molar-refractivity contribution in [2.24, 2.45) is 0 Å². The summed E-state index contributed by atoms with van der Waals surface area (Å²) in [6.07, 6.45) is 0. The lowest BCUT2D eigenvalue weighted by molar-refractivity contribution is 0.679. The molecule has 84 valence electrons. The van der Waals surface area contributed by atoms with E-state index in [0.29, 0.717) is 0 Å². The van der Waals surface area contributed by atoms with Crippen molar-refractivity contribution in [2.45, 2.75) is 6.92 Å². The lowest BCUT2D eigenvalue weighted by Gasteiger charge is -2.06. The van der Waals surface area contributed by atoms with Crippen LogP contribution in [0.15, 0.2) is 48.5 Å². The number of anilines is 1. The average Bonchev–Trinajstić information content (AvgIpc) is 2.36. The third-order valence-electron chi connectivity index (χ3n) is 2.29. The van der Waals surface area contributed by atoms with E-state index in [1.807, 2.05) is 30.3 Å². The predicted molar refractivity (Wildman–Crippen MR) is 72.6 cm³/mol. The van der Waals surface area contributed by atoms with E-state index in [4.69, 9.17) is 10.3 Å². The summed E-state index contributed by atoms with van der Waals surface area (Å²) in [4.78, 5) is 0. The molecular weight excluding hydrogens is 218 g/mol. The molecule has 3 N–H and O–H groups in total. The average molecular weight is 233 g/mol. The highest BCUT2D eigenvalue weighted by atomic mass is 32.1. The van der Waals surface area contributed by atoms with Crippen LogP contribution in [-0.4, -0.2) is 4.55 Å². The molecule has 2 aromatic carbocycles. The molecule has 0 aliphatic rings. The van der Waals surface area contributed by atoms with Gasteiger partial charge in [-0.05, 0) is 37.5 Å². The molecule has 0 aliphatic carbocycles. The summed E-state index contributed by atoms with van der Waals surface area (Å²) in [6, 6.07) is 16.3. The van der Waals surface area contributed by atoms with Gasteiger partial charge in [0, 0.05) is 11.3 Å². The van der Waals surface area contributed by atoms with E-state index in [1.165, 1.54) is 11.1 Å². The molecule has 0 aliphatic heterocycles. The van der Waals surface area contributed by atoms with Crippen molar-refractivity contribution in [2.75, 3.05) is 5.73 Å². The third kappa shape index (κ3) is 3.02. The first-order valence-electron chi connectivity index (χ1n) is 4.89. The SMILES string of the molecule is Cc1ccc(N)c(-c2ccccc2)c1.OS. The predicted octanol–water partition coefficient (Wildman–Crippen LogP) is 3.63.